The Morgan fingerprint density at radius 3 is 2.44 bits per heavy atom. The minimum Gasteiger partial charge on any atom is -0.462 e. The van der Waals surface area contributed by atoms with Gasteiger partial charge >= 0.3 is 5.97 Å². The van der Waals surface area contributed by atoms with Gasteiger partial charge in [0.15, 0.2) is 5.11 Å². The molecule has 96 valence electrons. The predicted molar refractivity (Wildman–Crippen MR) is 74.5 cm³/mol. The van der Waals surface area contributed by atoms with Gasteiger partial charge in [0.05, 0.1) is 17.9 Å². The Hall–Kier alpha value is -1.95. The summed E-state index contributed by atoms with van der Waals surface area (Å²) in [5.74, 6) is -0.333. The molecule has 3 N–H and O–H groups in total. The van der Waals surface area contributed by atoms with Gasteiger partial charge in [-0.2, -0.15) is 5.10 Å². The highest BCUT2D eigenvalue weighted by molar-refractivity contribution is 7.80. The predicted octanol–water partition coefficient (Wildman–Crippen LogP) is 1.42. The number of rotatable bonds is 4. The summed E-state index contributed by atoms with van der Waals surface area (Å²) in [7, 11) is 0. The second-order valence-corrected chi connectivity index (χ2v) is 3.91. The smallest absolute Gasteiger partial charge is 0.338 e. The summed E-state index contributed by atoms with van der Waals surface area (Å²) >= 11 is 4.65. The van der Waals surface area contributed by atoms with Gasteiger partial charge in [-0.15, -0.1) is 0 Å². The maximum absolute atomic E-state index is 11.4. The third kappa shape index (κ3) is 4.14. The Bertz CT molecular complexity index is 469. The number of ether oxygens (including phenoxy) is 1. The number of carbonyl (C=O) groups excluding carboxylic acids is 1. The SMILES string of the molecule is CCOC(=O)c1ccc(/C(C)=N\NC(N)=S)cc1. The van der Waals surface area contributed by atoms with E-state index < -0.39 is 0 Å². The molecule has 0 unspecified atom stereocenters. The molecule has 1 aromatic rings. The van der Waals surface area contributed by atoms with Gasteiger partial charge in [0, 0.05) is 0 Å². The van der Waals surface area contributed by atoms with Gasteiger partial charge in [0.25, 0.3) is 0 Å². The second kappa shape index (κ2) is 6.70. The number of benzene rings is 1. The molecule has 0 spiro atoms. The first-order valence-electron chi connectivity index (χ1n) is 5.42. The minimum atomic E-state index is -0.333. The molecular weight excluding hydrogens is 250 g/mol. The maximum atomic E-state index is 11.4. The monoisotopic (exact) mass is 265 g/mol. The number of thiocarbonyl (C=S) groups is 1. The largest absolute Gasteiger partial charge is 0.462 e. The van der Waals surface area contributed by atoms with E-state index in [0.717, 1.165) is 11.3 Å². The molecule has 5 nitrogen and oxygen atoms in total. The van der Waals surface area contributed by atoms with Crippen molar-refractivity contribution in [2.75, 3.05) is 6.61 Å². The lowest BCUT2D eigenvalue weighted by Gasteiger charge is -2.04. The van der Waals surface area contributed by atoms with Crippen molar-refractivity contribution in [3.8, 4) is 0 Å². The number of hydrogen-bond acceptors (Lipinski definition) is 4. The first-order chi connectivity index (χ1) is 8.54. The molecule has 1 aromatic carbocycles. The van der Waals surface area contributed by atoms with Crippen LogP contribution in [0.3, 0.4) is 0 Å². The number of nitrogens with one attached hydrogen (secondary N) is 1. The molecular formula is C12H15N3O2S. The Kier molecular flexibility index (Phi) is 5.26. The highest BCUT2D eigenvalue weighted by Gasteiger charge is 2.06. The van der Waals surface area contributed by atoms with Gasteiger partial charge in [0.1, 0.15) is 0 Å². The summed E-state index contributed by atoms with van der Waals surface area (Å²) in [4.78, 5) is 11.4. The lowest BCUT2D eigenvalue weighted by atomic mass is 10.1. The molecule has 0 fully saturated rings. The molecule has 0 bridgehead atoms. The van der Waals surface area contributed by atoms with Crippen LogP contribution in [0.1, 0.15) is 29.8 Å². The van der Waals surface area contributed by atoms with Crippen LogP contribution >= 0.6 is 12.2 Å². The number of nitrogens with zero attached hydrogens (tertiary/aromatic N) is 1. The number of carbonyl (C=O) groups is 1. The zero-order chi connectivity index (χ0) is 13.5. The van der Waals surface area contributed by atoms with Gasteiger partial charge in [-0.05, 0) is 43.8 Å². The van der Waals surface area contributed by atoms with Gasteiger partial charge in [-0.3, -0.25) is 5.43 Å². The number of hydrazone groups is 1. The topological polar surface area (TPSA) is 76.7 Å². The van der Waals surface area contributed by atoms with Crippen molar-refractivity contribution >= 4 is 29.0 Å². The van der Waals surface area contributed by atoms with Crippen LogP contribution in [0.5, 0.6) is 0 Å². The van der Waals surface area contributed by atoms with Crippen LogP contribution in [0.4, 0.5) is 0 Å². The molecule has 0 saturated heterocycles. The second-order valence-electron chi connectivity index (χ2n) is 3.47. The van der Waals surface area contributed by atoms with E-state index in [9.17, 15) is 4.79 Å². The van der Waals surface area contributed by atoms with E-state index in [1.54, 1.807) is 31.2 Å². The van der Waals surface area contributed by atoms with Crippen molar-refractivity contribution < 1.29 is 9.53 Å². The molecule has 0 aliphatic rings. The van der Waals surface area contributed by atoms with Gasteiger partial charge in [0.2, 0.25) is 0 Å². The van der Waals surface area contributed by atoms with Crippen molar-refractivity contribution in [1.82, 2.24) is 5.43 Å². The van der Waals surface area contributed by atoms with Crippen molar-refractivity contribution in [2.45, 2.75) is 13.8 Å². The molecule has 0 atom stereocenters. The molecule has 0 aliphatic heterocycles. The molecule has 0 radical (unpaired) electrons. The third-order valence-electron chi connectivity index (χ3n) is 2.15. The Balaban J connectivity index is 2.79. The third-order valence-corrected chi connectivity index (χ3v) is 2.24. The van der Waals surface area contributed by atoms with E-state index in [-0.39, 0.29) is 11.1 Å². The highest BCUT2D eigenvalue weighted by Crippen LogP contribution is 2.07. The zero-order valence-electron chi connectivity index (χ0n) is 10.3. The van der Waals surface area contributed by atoms with Gasteiger partial charge < -0.3 is 10.5 Å². The van der Waals surface area contributed by atoms with E-state index in [2.05, 4.69) is 22.7 Å². The minimum absolute atomic E-state index is 0.109. The fourth-order valence-electron chi connectivity index (χ4n) is 1.27. The van der Waals surface area contributed by atoms with Crippen LogP contribution in [0.15, 0.2) is 29.4 Å². The fraction of sp³-hybridized carbons (Fsp3) is 0.250. The number of esters is 1. The molecule has 1 rings (SSSR count). The van der Waals surface area contributed by atoms with Crippen molar-refractivity contribution in [3.05, 3.63) is 35.4 Å². The van der Waals surface area contributed by atoms with Crippen molar-refractivity contribution in [1.29, 1.82) is 0 Å². The summed E-state index contributed by atoms with van der Waals surface area (Å²) in [6.45, 7) is 3.94. The van der Waals surface area contributed by atoms with Crippen LogP contribution in [0.2, 0.25) is 0 Å². The average molecular weight is 265 g/mol. The van der Waals surface area contributed by atoms with Crippen LogP contribution in [-0.2, 0) is 4.74 Å². The molecule has 0 saturated carbocycles. The molecule has 0 heterocycles. The number of hydrogen-bond donors (Lipinski definition) is 2. The average Bonchev–Trinajstić information content (AvgIpc) is 2.36. The van der Waals surface area contributed by atoms with Gasteiger partial charge in [-0.25, -0.2) is 4.79 Å². The Labute approximate surface area is 111 Å². The summed E-state index contributed by atoms with van der Waals surface area (Å²) in [6, 6.07) is 6.94. The summed E-state index contributed by atoms with van der Waals surface area (Å²) in [5, 5.41) is 4.10. The van der Waals surface area contributed by atoms with E-state index >= 15 is 0 Å². The quantitative estimate of drug-likeness (QED) is 0.373. The molecule has 0 amide bonds. The lowest BCUT2D eigenvalue weighted by Crippen LogP contribution is -2.25. The van der Waals surface area contributed by atoms with Crippen LogP contribution in [0.25, 0.3) is 0 Å². The first-order valence-corrected chi connectivity index (χ1v) is 5.82. The summed E-state index contributed by atoms with van der Waals surface area (Å²) in [5.41, 5.74) is 9.87. The lowest BCUT2D eigenvalue weighted by molar-refractivity contribution is 0.0526. The number of nitrogens with two attached hydrogens (primary N) is 1. The normalized spacial score (nSPS) is 10.9. The van der Waals surface area contributed by atoms with Crippen LogP contribution in [-0.4, -0.2) is 23.4 Å². The Morgan fingerprint density at radius 2 is 1.94 bits per heavy atom. The molecule has 6 heteroatoms. The van der Waals surface area contributed by atoms with E-state index in [0.29, 0.717) is 12.2 Å². The maximum Gasteiger partial charge on any atom is 0.338 e. The standard InChI is InChI=1S/C12H15N3O2S/c1-3-17-11(16)10-6-4-9(5-7-10)8(2)14-15-12(13)18/h4-7H,3H2,1-2H3,(H3,13,15,18)/b14-8-. The molecule has 0 aliphatic carbocycles. The van der Waals surface area contributed by atoms with Crippen LogP contribution < -0.4 is 11.2 Å². The van der Waals surface area contributed by atoms with Gasteiger partial charge in [-0.1, -0.05) is 12.1 Å². The van der Waals surface area contributed by atoms with Crippen molar-refractivity contribution in [2.24, 2.45) is 10.8 Å². The summed E-state index contributed by atoms with van der Waals surface area (Å²) in [6.07, 6.45) is 0. The highest BCUT2D eigenvalue weighted by atomic mass is 32.1. The Morgan fingerprint density at radius 1 is 1.39 bits per heavy atom. The molecule has 18 heavy (non-hydrogen) atoms. The fourth-order valence-corrected chi connectivity index (χ4v) is 1.31. The molecule has 0 aromatic heterocycles. The van der Waals surface area contributed by atoms with E-state index in [1.807, 2.05) is 6.92 Å². The van der Waals surface area contributed by atoms with E-state index in [4.69, 9.17) is 10.5 Å². The summed E-state index contributed by atoms with van der Waals surface area (Å²) < 4.78 is 4.89. The zero-order valence-corrected chi connectivity index (χ0v) is 11.1. The van der Waals surface area contributed by atoms with Crippen LogP contribution in [0, 0.1) is 0 Å². The van der Waals surface area contributed by atoms with E-state index in [1.165, 1.54) is 0 Å². The first kappa shape index (κ1) is 14.1. The van der Waals surface area contributed by atoms with Crippen molar-refractivity contribution in [3.63, 3.8) is 0 Å².